The van der Waals surface area contributed by atoms with E-state index < -0.39 is 25.8 Å². The highest BCUT2D eigenvalue weighted by atomic mass is 32.2. The first kappa shape index (κ1) is 16.7. The molecule has 1 N–H and O–H groups in total. The number of sulfone groups is 1. The lowest BCUT2D eigenvalue weighted by Crippen LogP contribution is -2.30. The standard InChI is InChI=1S/C13H13NO5S3/c1-9-6-7-20-12(9)13(15)14-22(18,19)11-5-3-4-10(8-11)21(2,16)17/h3-8H,1-2H3,(H,14,15). The Morgan fingerprint density at radius 2 is 1.73 bits per heavy atom. The summed E-state index contributed by atoms with van der Waals surface area (Å²) >= 11 is 1.13. The van der Waals surface area contributed by atoms with Crippen molar-refractivity contribution in [3.05, 3.63) is 46.2 Å². The summed E-state index contributed by atoms with van der Waals surface area (Å²) < 4.78 is 49.3. The van der Waals surface area contributed by atoms with Crippen molar-refractivity contribution in [2.75, 3.05) is 6.26 Å². The summed E-state index contributed by atoms with van der Waals surface area (Å²) in [7, 11) is -7.68. The van der Waals surface area contributed by atoms with Crippen LogP contribution in [0.25, 0.3) is 0 Å². The fourth-order valence-electron chi connectivity index (χ4n) is 1.70. The minimum atomic E-state index is -4.14. The number of hydrogen-bond donors (Lipinski definition) is 1. The van der Waals surface area contributed by atoms with Crippen molar-refractivity contribution in [1.82, 2.24) is 4.72 Å². The normalized spacial score (nSPS) is 12.1. The molecule has 0 radical (unpaired) electrons. The lowest BCUT2D eigenvalue weighted by atomic mass is 10.3. The molecule has 9 heteroatoms. The van der Waals surface area contributed by atoms with Crippen molar-refractivity contribution in [2.45, 2.75) is 16.7 Å². The summed E-state index contributed by atoms with van der Waals surface area (Å²) in [6.45, 7) is 1.70. The maximum Gasteiger partial charge on any atom is 0.275 e. The molecule has 1 amide bonds. The number of aryl methyl sites for hydroxylation is 1. The molecular formula is C13H13NO5S3. The van der Waals surface area contributed by atoms with Crippen LogP contribution in [0.1, 0.15) is 15.2 Å². The Labute approximate surface area is 132 Å². The van der Waals surface area contributed by atoms with Crippen molar-refractivity contribution in [1.29, 1.82) is 0 Å². The zero-order valence-electron chi connectivity index (χ0n) is 11.7. The van der Waals surface area contributed by atoms with Gasteiger partial charge in [0.05, 0.1) is 14.7 Å². The Morgan fingerprint density at radius 1 is 1.09 bits per heavy atom. The highest BCUT2D eigenvalue weighted by Crippen LogP contribution is 2.18. The van der Waals surface area contributed by atoms with Crippen LogP contribution in [0.15, 0.2) is 45.5 Å². The Morgan fingerprint density at radius 3 is 2.27 bits per heavy atom. The van der Waals surface area contributed by atoms with Crippen molar-refractivity contribution < 1.29 is 21.6 Å². The van der Waals surface area contributed by atoms with E-state index in [1.165, 1.54) is 18.2 Å². The lowest BCUT2D eigenvalue weighted by molar-refractivity contribution is 0.0985. The summed E-state index contributed by atoms with van der Waals surface area (Å²) in [5.74, 6) is -0.739. The van der Waals surface area contributed by atoms with E-state index in [1.807, 2.05) is 4.72 Å². The maximum absolute atomic E-state index is 12.2. The molecule has 0 atom stereocenters. The van der Waals surface area contributed by atoms with Gasteiger partial charge in [-0.1, -0.05) is 6.07 Å². The van der Waals surface area contributed by atoms with Crippen molar-refractivity contribution in [3.8, 4) is 0 Å². The Balaban J connectivity index is 2.36. The average Bonchev–Trinajstić information content (AvgIpc) is 2.84. The molecule has 0 spiro atoms. The molecule has 0 aliphatic carbocycles. The van der Waals surface area contributed by atoms with Crippen LogP contribution in [-0.4, -0.2) is 29.0 Å². The van der Waals surface area contributed by atoms with E-state index in [0.717, 1.165) is 23.7 Å². The smallest absolute Gasteiger partial charge is 0.267 e. The van der Waals surface area contributed by atoms with Crippen LogP contribution in [0.4, 0.5) is 0 Å². The van der Waals surface area contributed by atoms with Gasteiger partial charge in [-0.05, 0) is 42.1 Å². The fraction of sp³-hybridized carbons (Fsp3) is 0.154. The minimum absolute atomic E-state index is 0.130. The van der Waals surface area contributed by atoms with Gasteiger partial charge in [0, 0.05) is 6.26 Å². The Bertz CT molecular complexity index is 926. The molecule has 0 unspecified atom stereocenters. The van der Waals surface area contributed by atoms with Gasteiger partial charge in [-0.2, -0.15) is 0 Å². The summed E-state index contributed by atoms with van der Waals surface area (Å²) in [5.41, 5.74) is 0.669. The highest BCUT2D eigenvalue weighted by molar-refractivity contribution is 7.91. The van der Waals surface area contributed by atoms with Crippen LogP contribution < -0.4 is 4.72 Å². The van der Waals surface area contributed by atoms with Crippen LogP contribution in [0.5, 0.6) is 0 Å². The Kier molecular flexibility index (Phi) is 4.41. The number of nitrogens with one attached hydrogen (secondary N) is 1. The van der Waals surface area contributed by atoms with Crippen LogP contribution in [0.3, 0.4) is 0 Å². The molecule has 0 aliphatic heterocycles. The van der Waals surface area contributed by atoms with Gasteiger partial charge in [0.1, 0.15) is 0 Å². The zero-order valence-corrected chi connectivity index (χ0v) is 14.2. The molecule has 118 valence electrons. The zero-order chi connectivity index (χ0) is 16.5. The molecule has 0 bridgehead atoms. The molecule has 6 nitrogen and oxygen atoms in total. The van der Waals surface area contributed by atoms with Crippen molar-refractivity contribution >= 4 is 37.1 Å². The summed E-state index contributed by atoms with van der Waals surface area (Å²) in [4.78, 5) is 11.9. The van der Waals surface area contributed by atoms with Crippen molar-refractivity contribution in [2.24, 2.45) is 0 Å². The quantitative estimate of drug-likeness (QED) is 0.894. The average molecular weight is 359 g/mol. The van der Waals surface area contributed by atoms with E-state index in [2.05, 4.69) is 0 Å². The third-order valence-corrected chi connectivity index (χ3v) is 6.29. The first-order valence-corrected chi connectivity index (χ1v) is 10.3. The first-order valence-electron chi connectivity index (χ1n) is 6.02. The van der Waals surface area contributed by atoms with E-state index in [0.29, 0.717) is 10.4 Å². The molecule has 2 rings (SSSR count). The number of sulfonamides is 1. The molecule has 0 aliphatic rings. The third kappa shape index (κ3) is 3.54. The van der Waals surface area contributed by atoms with Crippen LogP contribution in [-0.2, 0) is 19.9 Å². The fourth-order valence-corrected chi connectivity index (χ4v) is 4.33. The second-order valence-electron chi connectivity index (χ2n) is 4.61. The largest absolute Gasteiger partial charge is 0.275 e. The number of carbonyl (C=O) groups excluding carboxylic acids is 1. The van der Waals surface area contributed by atoms with E-state index in [1.54, 1.807) is 18.4 Å². The van der Waals surface area contributed by atoms with E-state index >= 15 is 0 Å². The molecule has 22 heavy (non-hydrogen) atoms. The van der Waals surface area contributed by atoms with Gasteiger partial charge in [-0.3, -0.25) is 4.79 Å². The lowest BCUT2D eigenvalue weighted by Gasteiger charge is -2.07. The number of rotatable bonds is 4. The van der Waals surface area contributed by atoms with Crippen LogP contribution in [0.2, 0.25) is 0 Å². The minimum Gasteiger partial charge on any atom is -0.267 e. The summed E-state index contributed by atoms with van der Waals surface area (Å²) in [6, 6.07) is 6.56. The predicted octanol–water partition coefficient (Wildman–Crippen LogP) is 1.58. The van der Waals surface area contributed by atoms with Gasteiger partial charge in [-0.25, -0.2) is 21.6 Å². The van der Waals surface area contributed by atoms with Gasteiger partial charge in [0.2, 0.25) is 0 Å². The van der Waals surface area contributed by atoms with Gasteiger partial charge in [-0.15, -0.1) is 11.3 Å². The highest BCUT2D eigenvalue weighted by Gasteiger charge is 2.22. The molecule has 0 saturated heterocycles. The van der Waals surface area contributed by atoms with E-state index in [9.17, 15) is 21.6 Å². The topological polar surface area (TPSA) is 97.4 Å². The van der Waals surface area contributed by atoms with Crippen LogP contribution in [0, 0.1) is 6.92 Å². The van der Waals surface area contributed by atoms with Gasteiger partial charge < -0.3 is 0 Å². The maximum atomic E-state index is 12.2. The molecule has 0 fully saturated rings. The molecule has 1 heterocycles. The third-order valence-electron chi connectivity index (χ3n) is 2.84. The van der Waals surface area contributed by atoms with Gasteiger partial charge in [0.15, 0.2) is 9.84 Å². The van der Waals surface area contributed by atoms with Gasteiger partial charge in [0.25, 0.3) is 15.9 Å². The number of hydrogen-bond acceptors (Lipinski definition) is 6. The Hall–Kier alpha value is -1.71. The monoisotopic (exact) mass is 359 g/mol. The SMILES string of the molecule is Cc1ccsc1C(=O)NS(=O)(=O)c1cccc(S(C)(=O)=O)c1. The summed E-state index contributed by atoms with van der Waals surface area (Å²) in [5, 5.41) is 1.68. The number of thiophene rings is 1. The van der Waals surface area contributed by atoms with E-state index in [-0.39, 0.29) is 9.79 Å². The van der Waals surface area contributed by atoms with Crippen molar-refractivity contribution in [3.63, 3.8) is 0 Å². The second-order valence-corrected chi connectivity index (χ2v) is 9.23. The first-order chi connectivity index (χ1) is 10.1. The number of benzene rings is 1. The molecular weight excluding hydrogens is 346 g/mol. The number of carbonyl (C=O) groups is 1. The predicted molar refractivity (Wildman–Crippen MR) is 83.3 cm³/mol. The van der Waals surface area contributed by atoms with Crippen LogP contribution >= 0.6 is 11.3 Å². The number of amides is 1. The second kappa shape index (κ2) is 5.82. The molecule has 1 aromatic carbocycles. The molecule has 1 aromatic heterocycles. The summed E-state index contributed by atoms with van der Waals surface area (Å²) in [6.07, 6.45) is 0.978. The molecule has 2 aromatic rings. The molecule has 0 saturated carbocycles. The van der Waals surface area contributed by atoms with E-state index in [4.69, 9.17) is 0 Å². The van der Waals surface area contributed by atoms with Gasteiger partial charge >= 0.3 is 0 Å².